The third-order valence-electron chi connectivity index (χ3n) is 9.09. The molecule has 0 radical (unpaired) electrons. The summed E-state index contributed by atoms with van der Waals surface area (Å²) in [6, 6.07) is 35.9. The van der Waals surface area contributed by atoms with Crippen LogP contribution in [0.1, 0.15) is 55.3 Å². The number of rotatable bonds is 21. The Labute approximate surface area is 454 Å². The van der Waals surface area contributed by atoms with Crippen LogP contribution < -0.4 is 25.4 Å². The van der Waals surface area contributed by atoms with Gasteiger partial charge in [-0.3, -0.25) is 0 Å². The van der Waals surface area contributed by atoms with Crippen molar-refractivity contribution in [1.82, 2.24) is 14.3 Å². The van der Waals surface area contributed by atoms with Crippen molar-refractivity contribution < 1.29 is 56.3 Å². The maximum atomic E-state index is 11.7. The summed E-state index contributed by atoms with van der Waals surface area (Å²) in [5, 5.41) is 39.7. The predicted octanol–water partition coefficient (Wildman–Crippen LogP) is 6.02. The number of nitrogen functional groups attached to an aromatic ring is 1. The normalized spacial score (nSPS) is 11.3. The van der Waals surface area contributed by atoms with E-state index in [9.17, 15) is 31.8 Å². The summed E-state index contributed by atoms with van der Waals surface area (Å²) in [5.41, 5.74) is 8.55. The maximum absolute atomic E-state index is 11.7. The van der Waals surface area contributed by atoms with E-state index in [1.165, 1.54) is 77.9 Å². The average molecular weight is 1110 g/mol. The molecule has 0 bridgehead atoms. The topological polar surface area (TPSA) is 278 Å². The van der Waals surface area contributed by atoms with Crippen LogP contribution in [0.5, 0.6) is 5.75 Å². The molecule has 390 valence electrons. The molecule has 0 saturated carbocycles. The molecule has 0 aromatic heterocycles. The minimum absolute atomic E-state index is 0. The van der Waals surface area contributed by atoms with Gasteiger partial charge in [-0.05, 0) is 98.1 Å². The molecule has 0 spiro atoms. The van der Waals surface area contributed by atoms with E-state index in [1.54, 1.807) is 13.8 Å². The number of aliphatic imine (C=N–C) groups is 2. The standard InChI is InChI=1S/C19H25NO.2C11H15ClN2O4S.C7H7NO3.ClH.Mg/c1-3-20(4-2)15-16-21-19(17-11-7-5-8-12-17)18-13-9-6-10-14-18;2*1-2-18-11(15)14-9-3-5-10(6-4-9)19(16,17)13-8-7-12;8-4-1-2-5(7(10)11)6(9)3-4;;/h5-14,19H,3-4,15-16H2,1-2H3;2*3-6,13H,2,7-8H2,1H3,(H,14,15);1-3,9H,8H2,(H,10,11);1H;/q;;;;;+2/p-2. The first kappa shape index (κ1) is 67.1. The zero-order chi connectivity index (χ0) is 52.0. The summed E-state index contributed by atoms with van der Waals surface area (Å²) >= 11 is 10.8. The summed E-state index contributed by atoms with van der Waals surface area (Å²) in [5.74, 6) is -1.09. The Morgan fingerprint density at radius 2 is 1.10 bits per heavy atom. The Morgan fingerprint density at radius 1 is 0.694 bits per heavy atom. The molecule has 0 fully saturated rings. The van der Waals surface area contributed by atoms with E-state index in [-0.39, 0.29) is 101 Å². The van der Waals surface area contributed by atoms with Crippen LogP contribution in [-0.4, -0.2) is 137 Å². The van der Waals surface area contributed by atoms with Gasteiger partial charge in [0.15, 0.2) is 12.2 Å². The molecule has 0 atom stereocenters. The van der Waals surface area contributed by atoms with Crippen LogP contribution in [0.2, 0.25) is 0 Å². The number of nitrogens with one attached hydrogen (secondary N) is 2. The quantitative estimate of drug-likeness (QED) is 0.0185. The number of aromatic hydroxyl groups is 1. The molecule has 0 aliphatic carbocycles. The zero-order valence-corrected chi connectivity index (χ0v) is 45.7. The predicted molar refractivity (Wildman–Crippen MR) is 283 cm³/mol. The van der Waals surface area contributed by atoms with Crippen LogP contribution in [0.15, 0.2) is 147 Å². The molecule has 0 aliphatic rings. The summed E-state index contributed by atoms with van der Waals surface area (Å²) in [7, 11) is -7.14. The Hall–Kier alpha value is -4.91. The van der Waals surface area contributed by atoms with Crippen LogP contribution in [0.25, 0.3) is 0 Å². The van der Waals surface area contributed by atoms with Gasteiger partial charge in [0.05, 0.1) is 27.8 Å². The SMILES string of the molecule is CCN(CC)CCOC(c1ccccc1)c1ccccc1.CCOC([O-])=Nc1ccc(S(=O)(=O)NCCCl)cc1.CCOC([O-])=Nc1ccc(S(=O)(=O)NCCCl)cc1.Cl.Nc1ccc(C(=O)O)c(O)c1.[Mg+2]. The smallest absolute Gasteiger partial charge is 0.600 e. The molecule has 5 aromatic carbocycles. The minimum Gasteiger partial charge on any atom is -0.600 e. The Bertz CT molecular complexity index is 2430. The molecule has 5 aromatic rings. The molecule has 5 rings (SSSR count). The molecule has 0 aliphatic heterocycles. The van der Waals surface area contributed by atoms with Gasteiger partial charge in [-0.2, -0.15) is 0 Å². The molecule has 72 heavy (non-hydrogen) atoms. The number of ether oxygens (including phenoxy) is 3. The maximum Gasteiger partial charge on any atom is 2.00 e. The van der Waals surface area contributed by atoms with Gasteiger partial charge in [-0.1, -0.05) is 88.4 Å². The van der Waals surface area contributed by atoms with Gasteiger partial charge in [0.25, 0.3) is 0 Å². The Morgan fingerprint density at radius 3 is 1.43 bits per heavy atom. The van der Waals surface area contributed by atoms with Gasteiger partial charge >= 0.3 is 29.0 Å². The van der Waals surface area contributed by atoms with Crippen molar-refractivity contribution in [3.05, 3.63) is 144 Å². The molecular weight excluding hydrogens is 1050 g/mol. The first-order valence-electron chi connectivity index (χ1n) is 21.8. The second-order valence-corrected chi connectivity index (χ2v) is 18.3. The van der Waals surface area contributed by atoms with Gasteiger partial charge in [0.1, 0.15) is 17.4 Å². The number of nitrogens with zero attached hydrogens (tertiary/aromatic N) is 3. The number of alkyl halides is 2. The number of phenols is 1. The van der Waals surface area contributed by atoms with E-state index < -0.39 is 38.2 Å². The molecule has 0 unspecified atom stereocenters. The van der Waals surface area contributed by atoms with E-state index in [0.29, 0.717) is 17.1 Å². The number of halogens is 3. The van der Waals surface area contributed by atoms with Crippen molar-refractivity contribution in [2.45, 2.75) is 43.6 Å². The van der Waals surface area contributed by atoms with Crippen molar-refractivity contribution >= 4 is 114 Å². The van der Waals surface area contributed by atoms with Crippen molar-refractivity contribution in [3.8, 4) is 5.75 Å². The summed E-state index contributed by atoms with van der Waals surface area (Å²) < 4.78 is 67.1. The van der Waals surface area contributed by atoms with Crippen LogP contribution in [0, 0.1) is 0 Å². The largest absolute Gasteiger partial charge is 2.00 e. The van der Waals surface area contributed by atoms with Gasteiger partial charge in [-0.15, -0.1) is 35.6 Å². The number of anilines is 1. The second kappa shape index (κ2) is 36.9. The number of sulfonamides is 2. The number of carbonyl (C=O) groups is 1. The van der Waals surface area contributed by atoms with E-state index >= 15 is 0 Å². The van der Waals surface area contributed by atoms with Crippen molar-refractivity contribution in [2.75, 3.05) is 70.0 Å². The van der Waals surface area contributed by atoms with E-state index in [4.69, 9.17) is 43.9 Å². The molecule has 0 amide bonds. The number of hydrogen-bond acceptors (Lipinski definition) is 15. The van der Waals surface area contributed by atoms with Crippen LogP contribution in [0.4, 0.5) is 17.1 Å². The van der Waals surface area contributed by atoms with E-state index in [2.05, 4.69) is 96.2 Å². The molecule has 0 saturated heterocycles. The first-order valence-corrected chi connectivity index (χ1v) is 25.8. The number of aromatic carboxylic acids is 1. The van der Waals surface area contributed by atoms with Crippen molar-refractivity contribution in [3.63, 3.8) is 0 Å². The Balaban J connectivity index is 0.000000943. The fourth-order valence-electron chi connectivity index (χ4n) is 5.64. The number of carboxylic acids is 1. The molecular formula is C48H61Cl3MgN6O12S2. The number of likely N-dealkylation sites (N-methyl/N-ethyl adjacent to an activating group) is 1. The Kier molecular flexibility index (Phi) is 34.4. The first-order chi connectivity index (χ1) is 33.4. The van der Waals surface area contributed by atoms with E-state index in [1.807, 2.05) is 12.1 Å². The van der Waals surface area contributed by atoms with Crippen molar-refractivity contribution in [1.29, 1.82) is 0 Å². The fourth-order valence-corrected chi connectivity index (χ4v) is 8.12. The minimum atomic E-state index is -3.57. The summed E-state index contributed by atoms with van der Waals surface area (Å²) in [4.78, 5) is 20.2. The average Bonchev–Trinajstić information content (AvgIpc) is 3.34. The summed E-state index contributed by atoms with van der Waals surface area (Å²) in [6.45, 7) is 12.4. The zero-order valence-electron chi connectivity index (χ0n) is 40.4. The summed E-state index contributed by atoms with van der Waals surface area (Å²) in [6.07, 6.45) is -1.40. The van der Waals surface area contributed by atoms with Gasteiger partial charge < -0.3 is 45.3 Å². The van der Waals surface area contributed by atoms with Gasteiger partial charge in [0.2, 0.25) is 20.0 Å². The van der Waals surface area contributed by atoms with Crippen molar-refractivity contribution in [2.24, 2.45) is 9.98 Å². The van der Waals surface area contributed by atoms with Gasteiger partial charge in [-0.25, -0.2) is 41.1 Å². The van der Waals surface area contributed by atoms with Crippen LogP contribution >= 0.6 is 35.6 Å². The second-order valence-electron chi connectivity index (χ2n) is 14.0. The molecule has 18 nitrogen and oxygen atoms in total. The van der Waals surface area contributed by atoms with Gasteiger partial charge in [0, 0.05) is 43.1 Å². The van der Waals surface area contributed by atoms with Crippen LogP contribution in [-0.2, 0) is 34.3 Å². The fraction of sp³-hybridized carbons (Fsp3) is 0.312. The molecule has 6 N–H and O–H groups in total. The van der Waals surface area contributed by atoms with E-state index in [0.717, 1.165) is 26.2 Å². The third-order valence-corrected chi connectivity index (χ3v) is 12.4. The number of benzene rings is 5. The monoisotopic (exact) mass is 1110 g/mol. The number of carboxylic acid groups (broad SMARTS) is 1. The van der Waals surface area contributed by atoms with Crippen LogP contribution in [0.3, 0.4) is 0 Å². The third kappa shape index (κ3) is 25.6. The molecule has 24 heteroatoms. The number of nitrogens with two attached hydrogens (primary N) is 1. The number of hydrogen-bond donors (Lipinski definition) is 5. The molecule has 0 heterocycles.